The maximum Gasteiger partial charge on any atom is 0.244 e. The van der Waals surface area contributed by atoms with Crippen molar-refractivity contribution in [3.8, 4) is 17.2 Å². The van der Waals surface area contributed by atoms with E-state index >= 15 is 0 Å². The summed E-state index contributed by atoms with van der Waals surface area (Å²) in [7, 11) is 3.78. The lowest BCUT2D eigenvalue weighted by Gasteiger charge is -2.36. The monoisotopic (exact) mass is 454 g/mol. The lowest BCUT2D eigenvalue weighted by molar-refractivity contribution is -0.122. The SMILES string of the molecule is COCCN(C)Cc1ccc(-c2ccc(Cl)c(N3C[C@@H](C)C[C@@]3(CC#N)C(N)=O)c2)cc1. The minimum absolute atomic E-state index is 0.0402. The van der Waals surface area contributed by atoms with Gasteiger partial charge in [0.15, 0.2) is 0 Å². The molecule has 2 atom stereocenters. The number of nitrogens with zero attached hydrogens (tertiary/aromatic N) is 3. The molecule has 1 heterocycles. The molecule has 0 aromatic heterocycles. The molecule has 1 aliphatic heterocycles. The number of ether oxygens (including phenoxy) is 1. The first-order valence-electron chi connectivity index (χ1n) is 10.8. The van der Waals surface area contributed by atoms with Crippen LogP contribution in [-0.4, -0.2) is 50.2 Å². The maximum atomic E-state index is 12.5. The van der Waals surface area contributed by atoms with Gasteiger partial charge in [0.05, 0.1) is 29.8 Å². The largest absolute Gasteiger partial charge is 0.383 e. The highest BCUT2D eigenvalue weighted by Gasteiger charge is 2.49. The smallest absolute Gasteiger partial charge is 0.244 e. The number of methoxy groups -OCH3 is 1. The number of hydrogen-bond donors (Lipinski definition) is 1. The van der Waals surface area contributed by atoms with Crippen molar-refractivity contribution in [1.29, 1.82) is 5.26 Å². The van der Waals surface area contributed by atoms with Crippen LogP contribution in [0.3, 0.4) is 0 Å². The predicted octanol–water partition coefficient (Wildman–Crippen LogP) is 4.07. The third-order valence-electron chi connectivity index (χ3n) is 6.18. The molecule has 7 heteroatoms. The summed E-state index contributed by atoms with van der Waals surface area (Å²) in [4.78, 5) is 16.6. The molecule has 0 bridgehead atoms. The summed E-state index contributed by atoms with van der Waals surface area (Å²) in [5, 5.41) is 9.95. The summed E-state index contributed by atoms with van der Waals surface area (Å²) in [6.45, 7) is 5.11. The van der Waals surface area contributed by atoms with Crippen LogP contribution in [0.1, 0.15) is 25.3 Å². The minimum Gasteiger partial charge on any atom is -0.383 e. The van der Waals surface area contributed by atoms with Crippen molar-refractivity contribution in [3.05, 3.63) is 53.1 Å². The van der Waals surface area contributed by atoms with Crippen molar-refractivity contribution < 1.29 is 9.53 Å². The first-order valence-corrected chi connectivity index (χ1v) is 11.2. The van der Waals surface area contributed by atoms with Gasteiger partial charge in [0.2, 0.25) is 5.91 Å². The molecule has 32 heavy (non-hydrogen) atoms. The van der Waals surface area contributed by atoms with Gasteiger partial charge in [-0.3, -0.25) is 9.69 Å². The van der Waals surface area contributed by atoms with E-state index in [1.165, 1.54) is 5.56 Å². The number of primary amides is 1. The van der Waals surface area contributed by atoms with Crippen LogP contribution in [-0.2, 0) is 16.1 Å². The zero-order valence-electron chi connectivity index (χ0n) is 19.0. The summed E-state index contributed by atoms with van der Waals surface area (Å²) in [6, 6.07) is 16.4. The molecule has 0 saturated carbocycles. The summed E-state index contributed by atoms with van der Waals surface area (Å²) in [6.07, 6.45) is 0.584. The van der Waals surface area contributed by atoms with E-state index in [0.717, 1.165) is 29.9 Å². The zero-order valence-corrected chi connectivity index (χ0v) is 19.7. The van der Waals surface area contributed by atoms with E-state index in [1.807, 2.05) is 23.1 Å². The molecule has 2 aromatic rings. The molecule has 0 unspecified atom stereocenters. The molecule has 170 valence electrons. The van der Waals surface area contributed by atoms with Crippen LogP contribution < -0.4 is 10.6 Å². The molecule has 1 amide bonds. The van der Waals surface area contributed by atoms with Crippen LogP contribution in [0.4, 0.5) is 5.69 Å². The molecule has 2 aromatic carbocycles. The topological polar surface area (TPSA) is 82.6 Å². The average Bonchev–Trinajstić information content (AvgIpc) is 3.10. The van der Waals surface area contributed by atoms with E-state index in [9.17, 15) is 10.1 Å². The molecular weight excluding hydrogens is 424 g/mol. The van der Waals surface area contributed by atoms with Crippen LogP contribution in [0.25, 0.3) is 11.1 Å². The zero-order chi connectivity index (χ0) is 23.3. The number of nitriles is 1. The Morgan fingerprint density at radius 1 is 1.31 bits per heavy atom. The lowest BCUT2D eigenvalue weighted by atomic mass is 9.88. The van der Waals surface area contributed by atoms with Gasteiger partial charge in [0.1, 0.15) is 5.54 Å². The van der Waals surface area contributed by atoms with Crippen molar-refractivity contribution >= 4 is 23.2 Å². The number of rotatable bonds is 9. The number of likely N-dealkylation sites (N-methyl/N-ethyl adjacent to an activating group) is 1. The highest BCUT2D eigenvalue weighted by molar-refractivity contribution is 6.33. The Labute approximate surface area is 195 Å². The third-order valence-corrected chi connectivity index (χ3v) is 6.50. The number of nitrogens with two attached hydrogens (primary N) is 1. The molecule has 6 nitrogen and oxygen atoms in total. The number of halogens is 1. The standard InChI is InChI=1S/C25H31ClN4O2/c1-18-15-25(10-11-27,24(28)31)30(16-18)23-14-21(8-9-22(23)26)20-6-4-19(5-7-20)17-29(2)12-13-32-3/h4-9,14,18H,10,12-13,15-17H2,1-3H3,(H2,28,31)/t18-,25-/m0/s1. The second-order valence-corrected chi connectivity index (χ2v) is 9.15. The molecule has 1 fully saturated rings. The quantitative estimate of drug-likeness (QED) is 0.617. The van der Waals surface area contributed by atoms with E-state index in [2.05, 4.69) is 49.2 Å². The van der Waals surface area contributed by atoms with Gasteiger partial charge in [-0.2, -0.15) is 5.26 Å². The molecule has 1 aliphatic rings. The van der Waals surface area contributed by atoms with E-state index in [4.69, 9.17) is 22.1 Å². The highest BCUT2D eigenvalue weighted by Crippen LogP contribution is 2.43. The average molecular weight is 455 g/mol. The number of carbonyl (C=O) groups excluding carboxylic acids is 1. The van der Waals surface area contributed by atoms with Crippen LogP contribution in [0.15, 0.2) is 42.5 Å². The molecule has 0 aliphatic carbocycles. The minimum atomic E-state index is -1.03. The van der Waals surface area contributed by atoms with Crippen molar-refractivity contribution in [3.63, 3.8) is 0 Å². The predicted molar refractivity (Wildman–Crippen MR) is 128 cm³/mol. The van der Waals surface area contributed by atoms with Crippen molar-refractivity contribution in [1.82, 2.24) is 4.90 Å². The Kier molecular flexibility index (Phi) is 7.78. The Morgan fingerprint density at radius 2 is 2.00 bits per heavy atom. The highest BCUT2D eigenvalue weighted by atomic mass is 35.5. The molecular formula is C25H31ClN4O2. The number of anilines is 1. The Bertz CT molecular complexity index is 988. The molecule has 0 spiro atoms. The lowest BCUT2D eigenvalue weighted by Crippen LogP contribution is -2.54. The molecule has 1 saturated heterocycles. The molecule has 3 rings (SSSR count). The van der Waals surface area contributed by atoms with Gasteiger partial charge in [-0.05, 0) is 48.2 Å². The van der Waals surface area contributed by atoms with Gasteiger partial charge in [-0.1, -0.05) is 48.9 Å². The second kappa shape index (κ2) is 10.4. The number of hydrogen-bond acceptors (Lipinski definition) is 5. The summed E-state index contributed by atoms with van der Waals surface area (Å²) in [5.41, 5.74) is 8.79. The van der Waals surface area contributed by atoms with E-state index in [1.54, 1.807) is 7.11 Å². The molecule has 2 N–H and O–H groups in total. The summed E-state index contributed by atoms with van der Waals surface area (Å²) in [5.74, 6) is -0.253. The fourth-order valence-electron chi connectivity index (χ4n) is 4.53. The van der Waals surface area contributed by atoms with E-state index in [-0.39, 0.29) is 12.3 Å². The molecule has 0 radical (unpaired) electrons. The first-order chi connectivity index (χ1) is 15.3. The van der Waals surface area contributed by atoms with Crippen molar-refractivity contribution in [2.45, 2.75) is 31.8 Å². The first kappa shape index (κ1) is 24.1. The maximum absolute atomic E-state index is 12.5. The second-order valence-electron chi connectivity index (χ2n) is 8.74. The van der Waals surface area contributed by atoms with E-state index in [0.29, 0.717) is 24.6 Å². The van der Waals surface area contributed by atoms with Crippen LogP contribution in [0.5, 0.6) is 0 Å². The summed E-state index contributed by atoms with van der Waals surface area (Å²) < 4.78 is 5.14. The number of amides is 1. The fourth-order valence-corrected chi connectivity index (χ4v) is 4.74. The van der Waals surface area contributed by atoms with Gasteiger partial charge in [0, 0.05) is 26.7 Å². The van der Waals surface area contributed by atoms with Gasteiger partial charge in [-0.25, -0.2) is 0 Å². The van der Waals surface area contributed by atoms with Crippen LogP contribution in [0, 0.1) is 17.2 Å². The Hall–Kier alpha value is -2.59. The normalized spacial score (nSPS) is 20.5. The van der Waals surface area contributed by atoms with Crippen molar-refractivity contribution in [2.75, 3.05) is 38.8 Å². The number of benzene rings is 2. The van der Waals surface area contributed by atoms with Gasteiger partial charge >= 0.3 is 0 Å². The summed E-state index contributed by atoms with van der Waals surface area (Å²) >= 11 is 6.58. The van der Waals surface area contributed by atoms with Crippen LogP contribution in [0.2, 0.25) is 5.02 Å². The van der Waals surface area contributed by atoms with Gasteiger partial charge < -0.3 is 15.4 Å². The number of carbonyl (C=O) groups is 1. The third kappa shape index (κ3) is 5.07. The van der Waals surface area contributed by atoms with Gasteiger partial charge in [-0.15, -0.1) is 0 Å². The Morgan fingerprint density at radius 3 is 2.62 bits per heavy atom. The van der Waals surface area contributed by atoms with Gasteiger partial charge in [0.25, 0.3) is 0 Å². The fraction of sp³-hybridized carbons (Fsp3) is 0.440. The Balaban J connectivity index is 1.89. The van der Waals surface area contributed by atoms with E-state index < -0.39 is 11.4 Å². The van der Waals surface area contributed by atoms with Crippen molar-refractivity contribution in [2.24, 2.45) is 11.7 Å². The van der Waals surface area contributed by atoms with Crippen LogP contribution >= 0.6 is 11.6 Å².